The molecule has 52 heavy (non-hydrogen) atoms. The van der Waals surface area contributed by atoms with Crippen LogP contribution in [0.1, 0.15) is 0 Å². The Morgan fingerprint density at radius 3 is 1.65 bits per heavy atom. The summed E-state index contributed by atoms with van der Waals surface area (Å²) in [6.07, 6.45) is 0. The maximum Gasteiger partial charge on any atom is 0.166 e. The van der Waals surface area contributed by atoms with E-state index < -0.39 is 0 Å². The van der Waals surface area contributed by atoms with Gasteiger partial charge in [0.2, 0.25) is 0 Å². The number of aromatic nitrogens is 4. The van der Waals surface area contributed by atoms with Crippen LogP contribution >= 0.6 is 0 Å². The Morgan fingerprint density at radius 1 is 0.385 bits per heavy atom. The maximum absolute atomic E-state index is 6.17. The molecule has 3 aromatic heterocycles. The van der Waals surface area contributed by atoms with Gasteiger partial charge in [0.1, 0.15) is 11.3 Å². The number of furan rings is 1. The molecular weight excluding hydrogens is 637 g/mol. The monoisotopic (exact) mass is 666 g/mol. The predicted octanol–water partition coefficient (Wildman–Crippen LogP) is 12.0. The van der Waals surface area contributed by atoms with Gasteiger partial charge in [-0.1, -0.05) is 146 Å². The molecule has 0 atom stereocenters. The molecular formula is C47H30N4O. The molecule has 0 saturated carbocycles. The fourth-order valence-electron chi connectivity index (χ4n) is 7.24. The van der Waals surface area contributed by atoms with Gasteiger partial charge in [0, 0.05) is 38.4 Å². The molecule has 0 N–H and O–H groups in total. The van der Waals surface area contributed by atoms with Gasteiger partial charge in [0.15, 0.2) is 17.5 Å². The van der Waals surface area contributed by atoms with E-state index in [0.29, 0.717) is 17.5 Å². The molecule has 0 aliphatic carbocycles. The number of benzene rings is 7. The lowest BCUT2D eigenvalue weighted by atomic mass is 9.99. The fraction of sp³-hybridized carbons (Fsp3) is 0. The van der Waals surface area contributed by atoms with E-state index in [-0.39, 0.29) is 0 Å². The number of hydrogen-bond donors (Lipinski definition) is 0. The first-order chi connectivity index (χ1) is 25.8. The lowest BCUT2D eigenvalue weighted by molar-refractivity contribution is 0.631. The summed E-state index contributed by atoms with van der Waals surface area (Å²) in [6.45, 7) is 0. The van der Waals surface area contributed by atoms with Crippen molar-refractivity contribution in [1.29, 1.82) is 0 Å². The highest BCUT2D eigenvalue weighted by Crippen LogP contribution is 2.38. The molecule has 0 bridgehead atoms. The van der Waals surface area contributed by atoms with Crippen LogP contribution < -0.4 is 0 Å². The SMILES string of the molecule is c1ccc(-c2ccccc2-c2nc(-c3ccc(-c4cc5ccccc5o4)cc3)nc(-c3ccccc3-n3c4ccccc4c4ccccc43)n2)cc1. The normalized spacial score (nSPS) is 11.5. The highest BCUT2D eigenvalue weighted by atomic mass is 16.3. The Morgan fingerprint density at radius 2 is 0.923 bits per heavy atom. The summed E-state index contributed by atoms with van der Waals surface area (Å²) in [6, 6.07) is 62.6. The average molecular weight is 667 g/mol. The van der Waals surface area contributed by atoms with Crippen LogP contribution in [0.25, 0.3) is 95.1 Å². The lowest BCUT2D eigenvalue weighted by Gasteiger charge is -2.15. The molecule has 7 aromatic carbocycles. The second-order valence-electron chi connectivity index (χ2n) is 12.8. The zero-order chi connectivity index (χ0) is 34.4. The predicted molar refractivity (Wildman–Crippen MR) is 211 cm³/mol. The Kier molecular flexibility index (Phi) is 7.07. The molecule has 10 aromatic rings. The van der Waals surface area contributed by atoms with Crippen molar-refractivity contribution in [3.05, 3.63) is 182 Å². The van der Waals surface area contributed by atoms with Gasteiger partial charge in [-0.25, -0.2) is 15.0 Å². The van der Waals surface area contributed by atoms with Crippen molar-refractivity contribution in [1.82, 2.24) is 19.5 Å². The van der Waals surface area contributed by atoms with Gasteiger partial charge >= 0.3 is 0 Å². The van der Waals surface area contributed by atoms with E-state index in [1.54, 1.807) is 0 Å². The van der Waals surface area contributed by atoms with E-state index in [2.05, 4.69) is 156 Å². The van der Waals surface area contributed by atoms with Crippen LogP contribution in [0.5, 0.6) is 0 Å². The number of nitrogens with zero attached hydrogens (tertiary/aromatic N) is 4. The van der Waals surface area contributed by atoms with Gasteiger partial charge in [-0.15, -0.1) is 0 Å². The van der Waals surface area contributed by atoms with Crippen LogP contribution in [-0.4, -0.2) is 19.5 Å². The molecule has 0 aliphatic heterocycles. The Bertz CT molecular complexity index is 2820. The third kappa shape index (κ3) is 5.07. The van der Waals surface area contributed by atoms with Crippen LogP contribution in [-0.2, 0) is 0 Å². The Hall–Kier alpha value is -7.11. The van der Waals surface area contributed by atoms with Gasteiger partial charge in [-0.3, -0.25) is 0 Å². The van der Waals surface area contributed by atoms with Gasteiger partial charge in [-0.2, -0.15) is 0 Å². The van der Waals surface area contributed by atoms with Crippen molar-refractivity contribution < 1.29 is 4.42 Å². The molecule has 3 heterocycles. The van der Waals surface area contributed by atoms with Crippen molar-refractivity contribution in [2.24, 2.45) is 0 Å². The molecule has 0 unspecified atom stereocenters. The first-order valence-electron chi connectivity index (χ1n) is 17.4. The molecule has 0 radical (unpaired) electrons. The second-order valence-corrected chi connectivity index (χ2v) is 12.8. The molecule has 0 spiro atoms. The standard InChI is InChI=1S/C47H30N4O/c1-2-14-31(15-3-1)35-17-5-6-20-38(35)46-48-45(33-28-26-32(27-29-33)44-30-34-16-4-13-25-43(34)52-44)49-47(50-46)39-21-9-12-24-42(39)51-40-22-10-7-18-36(40)37-19-8-11-23-41(37)51/h1-30H. The van der Waals surface area contributed by atoms with Crippen LogP contribution in [0.3, 0.4) is 0 Å². The van der Waals surface area contributed by atoms with Gasteiger partial charge in [0.05, 0.1) is 16.7 Å². The molecule has 10 rings (SSSR count). The minimum atomic E-state index is 0.594. The van der Waals surface area contributed by atoms with Gasteiger partial charge < -0.3 is 8.98 Å². The van der Waals surface area contributed by atoms with Crippen molar-refractivity contribution >= 4 is 32.8 Å². The Balaban J connectivity index is 1.18. The van der Waals surface area contributed by atoms with E-state index in [1.807, 2.05) is 30.3 Å². The summed E-state index contributed by atoms with van der Waals surface area (Å²) in [5.74, 6) is 2.62. The second kappa shape index (κ2) is 12.3. The first-order valence-corrected chi connectivity index (χ1v) is 17.4. The summed E-state index contributed by atoms with van der Waals surface area (Å²) >= 11 is 0. The molecule has 0 aliphatic rings. The zero-order valence-electron chi connectivity index (χ0n) is 28.0. The van der Waals surface area contributed by atoms with E-state index in [1.165, 1.54) is 10.8 Å². The van der Waals surface area contributed by atoms with E-state index in [0.717, 1.165) is 66.8 Å². The number of fused-ring (bicyclic) bond motifs is 4. The lowest BCUT2D eigenvalue weighted by Crippen LogP contribution is -2.04. The van der Waals surface area contributed by atoms with Gasteiger partial charge in [-0.05, 0) is 47.5 Å². The summed E-state index contributed by atoms with van der Waals surface area (Å²) in [4.78, 5) is 15.6. The van der Waals surface area contributed by atoms with Crippen LogP contribution in [0.15, 0.2) is 186 Å². The van der Waals surface area contributed by atoms with Crippen molar-refractivity contribution in [2.45, 2.75) is 0 Å². The third-order valence-corrected chi connectivity index (χ3v) is 9.71. The maximum atomic E-state index is 6.17. The fourth-order valence-corrected chi connectivity index (χ4v) is 7.24. The largest absolute Gasteiger partial charge is 0.456 e. The molecule has 5 nitrogen and oxygen atoms in total. The van der Waals surface area contributed by atoms with Crippen LogP contribution in [0.2, 0.25) is 0 Å². The highest BCUT2D eigenvalue weighted by molar-refractivity contribution is 6.09. The van der Waals surface area contributed by atoms with E-state index in [4.69, 9.17) is 19.4 Å². The third-order valence-electron chi connectivity index (χ3n) is 9.71. The van der Waals surface area contributed by atoms with E-state index >= 15 is 0 Å². The topological polar surface area (TPSA) is 56.7 Å². The summed E-state index contributed by atoms with van der Waals surface area (Å²) < 4.78 is 8.50. The number of hydrogen-bond acceptors (Lipinski definition) is 4. The summed E-state index contributed by atoms with van der Waals surface area (Å²) in [5.41, 5.74) is 10.00. The summed E-state index contributed by atoms with van der Waals surface area (Å²) in [7, 11) is 0. The van der Waals surface area contributed by atoms with E-state index in [9.17, 15) is 0 Å². The molecule has 0 fully saturated rings. The Labute approximate surface area is 300 Å². The van der Waals surface area contributed by atoms with Crippen molar-refractivity contribution in [3.8, 4) is 62.3 Å². The molecule has 0 saturated heterocycles. The zero-order valence-corrected chi connectivity index (χ0v) is 28.0. The van der Waals surface area contributed by atoms with Crippen LogP contribution in [0, 0.1) is 0 Å². The molecule has 0 amide bonds. The number of para-hydroxylation sites is 4. The molecule has 5 heteroatoms. The van der Waals surface area contributed by atoms with Gasteiger partial charge in [0.25, 0.3) is 0 Å². The molecule has 244 valence electrons. The summed E-state index contributed by atoms with van der Waals surface area (Å²) in [5, 5.41) is 3.48. The number of rotatable bonds is 6. The highest BCUT2D eigenvalue weighted by Gasteiger charge is 2.20. The smallest absolute Gasteiger partial charge is 0.166 e. The van der Waals surface area contributed by atoms with Crippen LogP contribution in [0.4, 0.5) is 0 Å². The van der Waals surface area contributed by atoms with Crippen molar-refractivity contribution in [2.75, 3.05) is 0 Å². The minimum absolute atomic E-state index is 0.594. The van der Waals surface area contributed by atoms with Crippen molar-refractivity contribution in [3.63, 3.8) is 0 Å². The first kappa shape index (κ1) is 29.8. The quantitative estimate of drug-likeness (QED) is 0.177. The minimum Gasteiger partial charge on any atom is -0.456 e. The average Bonchev–Trinajstić information content (AvgIpc) is 3.81.